The van der Waals surface area contributed by atoms with Crippen LogP contribution in [0.1, 0.15) is 37.9 Å². The molecule has 2 rings (SSSR count). The van der Waals surface area contributed by atoms with Gasteiger partial charge in [-0.2, -0.15) is 0 Å². The van der Waals surface area contributed by atoms with Crippen LogP contribution >= 0.6 is 0 Å². The van der Waals surface area contributed by atoms with Gasteiger partial charge in [0.05, 0.1) is 11.6 Å². The van der Waals surface area contributed by atoms with E-state index < -0.39 is 21.4 Å². The van der Waals surface area contributed by atoms with E-state index >= 15 is 0 Å². The Morgan fingerprint density at radius 3 is 2.60 bits per heavy atom. The summed E-state index contributed by atoms with van der Waals surface area (Å²) in [6, 6.07) is 0. The first-order chi connectivity index (χ1) is 9.36. The van der Waals surface area contributed by atoms with E-state index in [-0.39, 0.29) is 11.6 Å². The normalized spacial score (nSPS) is 18.9. The van der Waals surface area contributed by atoms with E-state index in [2.05, 4.69) is 14.7 Å². The molecule has 0 spiro atoms. The molecule has 0 saturated heterocycles. The number of H-pyrrole nitrogens is 1. The maximum atomic E-state index is 12.1. The molecule has 1 fully saturated rings. The van der Waals surface area contributed by atoms with Gasteiger partial charge in [0.2, 0.25) is 0 Å². The summed E-state index contributed by atoms with van der Waals surface area (Å²) in [6.45, 7) is 1.57. The molecule has 112 valence electrons. The molecule has 7 nitrogen and oxygen atoms in total. The molecule has 1 aromatic rings. The first kappa shape index (κ1) is 15.0. The van der Waals surface area contributed by atoms with Crippen molar-refractivity contribution >= 4 is 16.0 Å². The van der Waals surface area contributed by atoms with Crippen molar-refractivity contribution in [2.45, 2.75) is 44.1 Å². The molecule has 1 aliphatic carbocycles. The standard InChI is InChI=1S/C12H19N3O4S/c1-9-13-7-10(15-9)20(18,19)14-8-12(11(16)17)5-3-2-4-6-12/h7,14H,2-6,8H2,1H3,(H,13,15)(H,16,17). The highest BCUT2D eigenvalue weighted by atomic mass is 32.2. The summed E-state index contributed by atoms with van der Waals surface area (Å²) in [7, 11) is -3.74. The van der Waals surface area contributed by atoms with E-state index in [1.807, 2.05) is 0 Å². The maximum Gasteiger partial charge on any atom is 0.310 e. The van der Waals surface area contributed by atoms with Crippen molar-refractivity contribution in [3.05, 3.63) is 12.0 Å². The van der Waals surface area contributed by atoms with Crippen LogP contribution in [0.4, 0.5) is 0 Å². The van der Waals surface area contributed by atoms with Crippen LogP contribution in [-0.2, 0) is 14.8 Å². The number of rotatable bonds is 5. The highest BCUT2D eigenvalue weighted by molar-refractivity contribution is 7.89. The first-order valence-corrected chi connectivity index (χ1v) is 8.09. The summed E-state index contributed by atoms with van der Waals surface area (Å²) in [5, 5.41) is 9.37. The number of sulfonamides is 1. The molecule has 0 aliphatic heterocycles. The van der Waals surface area contributed by atoms with Gasteiger partial charge in [-0.15, -0.1) is 0 Å². The molecule has 20 heavy (non-hydrogen) atoms. The minimum absolute atomic E-state index is 0.0358. The Labute approximate surface area is 117 Å². The third-order valence-corrected chi connectivity index (χ3v) is 5.14. The summed E-state index contributed by atoms with van der Waals surface area (Å²) in [6.07, 6.45) is 4.88. The van der Waals surface area contributed by atoms with Gasteiger partial charge in [0, 0.05) is 6.54 Å². The second kappa shape index (κ2) is 5.53. The van der Waals surface area contributed by atoms with Crippen molar-refractivity contribution in [2.75, 3.05) is 6.54 Å². The quantitative estimate of drug-likeness (QED) is 0.752. The Balaban J connectivity index is 2.11. The molecule has 8 heteroatoms. The van der Waals surface area contributed by atoms with Gasteiger partial charge in [0.1, 0.15) is 5.82 Å². The molecule has 0 radical (unpaired) electrons. The van der Waals surface area contributed by atoms with Crippen LogP contribution in [0.5, 0.6) is 0 Å². The van der Waals surface area contributed by atoms with Crippen molar-refractivity contribution in [3.63, 3.8) is 0 Å². The van der Waals surface area contributed by atoms with E-state index in [0.717, 1.165) is 19.3 Å². The Morgan fingerprint density at radius 2 is 2.10 bits per heavy atom. The van der Waals surface area contributed by atoms with Crippen molar-refractivity contribution in [1.29, 1.82) is 0 Å². The SMILES string of the molecule is Cc1ncc(S(=O)(=O)NCC2(C(=O)O)CCCCC2)[nH]1. The number of aliphatic carboxylic acids is 1. The second-order valence-electron chi connectivity index (χ2n) is 5.30. The van der Waals surface area contributed by atoms with E-state index in [1.165, 1.54) is 6.20 Å². The van der Waals surface area contributed by atoms with Crippen LogP contribution < -0.4 is 4.72 Å². The van der Waals surface area contributed by atoms with Crippen LogP contribution in [0.25, 0.3) is 0 Å². The van der Waals surface area contributed by atoms with Gasteiger partial charge in [0.15, 0.2) is 5.03 Å². The summed E-state index contributed by atoms with van der Waals surface area (Å²) < 4.78 is 26.6. The number of hydrogen-bond acceptors (Lipinski definition) is 4. The van der Waals surface area contributed by atoms with Crippen LogP contribution in [0.15, 0.2) is 11.2 Å². The fourth-order valence-electron chi connectivity index (χ4n) is 2.54. The van der Waals surface area contributed by atoms with Gasteiger partial charge in [-0.05, 0) is 19.8 Å². The first-order valence-electron chi connectivity index (χ1n) is 6.60. The molecule has 1 aromatic heterocycles. The molecule has 0 aromatic carbocycles. The Bertz CT molecular complexity index is 588. The van der Waals surface area contributed by atoms with Gasteiger partial charge < -0.3 is 10.1 Å². The number of carboxylic acid groups (broad SMARTS) is 1. The van der Waals surface area contributed by atoms with Crippen LogP contribution in [-0.4, -0.2) is 36.0 Å². The Hall–Kier alpha value is -1.41. The molecule has 1 saturated carbocycles. The van der Waals surface area contributed by atoms with E-state index in [4.69, 9.17) is 0 Å². The number of nitrogens with zero attached hydrogens (tertiary/aromatic N) is 1. The minimum atomic E-state index is -3.74. The lowest BCUT2D eigenvalue weighted by Crippen LogP contribution is -2.44. The van der Waals surface area contributed by atoms with Crippen LogP contribution in [0, 0.1) is 12.3 Å². The molecule has 0 atom stereocenters. The molecular formula is C12H19N3O4S. The number of carboxylic acids is 1. The van der Waals surface area contributed by atoms with Gasteiger partial charge >= 0.3 is 5.97 Å². The lowest BCUT2D eigenvalue weighted by Gasteiger charge is -2.32. The number of nitrogens with one attached hydrogen (secondary N) is 2. The number of carbonyl (C=O) groups is 1. The van der Waals surface area contributed by atoms with Gasteiger partial charge in [-0.1, -0.05) is 19.3 Å². The minimum Gasteiger partial charge on any atom is -0.481 e. The number of aryl methyl sites for hydroxylation is 1. The molecule has 1 aliphatic rings. The zero-order chi connectivity index (χ0) is 14.8. The van der Waals surface area contributed by atoms with Crippen molar-refractivity contribution < 1.29 is 18.3 Å². The molecule has 0 amide bonds. The second-order valence-corrected chi connectivity index (χ2v) is 7.04. The van der Waals surface area contributed by atoms with E-state index in [1.54, 1.807) is 6.92 Å². The largest absolute Gasteiger partial charge is 0.481 e. The average molecular weight is 301 g/mol. The third kappa shape index (κ3) is 3.01. The van der Waals surface area contributed by atoms with Crippen LogP contribution in [0.3, 0.4) is 0 Å². The Kier molecular flexibility index (Phi) is 4.14. The maximum absolute atomic E-state index is 12.1. The zero-order valence-corrected chi connectivity index (χ0v) is 12.2. The van der Waals surface area contributed by atoms with E-state index in [9.17, 15) is 18.3 Å². The predicted octanol–water partition coefficient (Wildman–Crippen LogP) is 1.03. The molecule has 0 bridgehead atoms. The topological polar surface area (TPSA) is 112 Å². The van der Waals surface area contributed by atoms with Crippen molar-refractivity contribution in [1.82, 2.24) is 14.7 Å². The monoisotopic (exact) mass is 301 g/mol. The number of imidazole rings is 1. The number of aromatic amines is 1. The predicted molar refractivity (Wildman–Crippen MR) is 71.7 cm³/mol. The highest BCUT2D eigenvalue weighted by Gasteiger charge is 2.40. The smallest absolute Gasteiger partial charge is 0.310 e. The summed E-state index contributed by atoms with van der Waals surface area (Å²) >= 11 is 0. The summed E-state index contributed by atoms with van der Waals surface area (Å²) in [5.74, 6) is -0.434. The van der Waals surface area contributed by atoms with Gasteiger partial charge in [0.25, 0.3) is 10.0 Å². The highest BCUT2D eigenvalue weighted by Crippen LogP contribution is 2.36. The molecule has 0 unspecified atom stereocenters. The molecular weight excluding hydrogens is 282 g/mol. The summed E-state index contributed by atoms with van der Waals surface area (Å²) in [4.78, 5) is 18.0. The van der Waals surface area contributed by atoms with E-state index in [0.29, 0.717) is 18.7 Å². The van der Waals surface area contributed by atoms with Crippen LogP contribution in [0.2, 0.25) is 0 Å². The third-order valence-electron chi connectivity index (χ3n) is 3.83. The van der Waals surface area contributed by atoms with Crippen molar-refractivity contribution in [2.24, 2.45) is 5.41 Å². The summed E-state index contributed by atoms with van der Waals surface area (Å²) in [5.41, 5.74) is -0.986. The Morgan fingerprint density at radius 1 is 1.45 bits per heavy atom. The lowest BCUT2D eigenvalue weighted by molar-refractivity contribution is -0.150. The fourth-order valence-corrected chi connectivity index (χ4v) is 3.64. The number of hydrogen-bond donors (Lipinski definition) is 3. The fraction of sp³-hybridized carbons (Fsp3) is 0.667. The van der Waals surface area contributed by atoms with Gasteiger partial charge in [-0.25, -0.2) is 18.1 Å². The number of aromatic nitrogens is 2. The average Bonchev–Trinajstić information content (AvgIpc) is 2.85. The molecule has 3 N–H and O–H groups in total. The lowest BCUT2D eigenvalue weighted by atomic mass is 9.74. The zero-order valence-electron chi connectivity index (χ0n) is 11.3. The van der Waals surface area contributed by atoms with Crippen molar-refractivity contribution in [3.8, 4) is 0 Å². The van der Waals surface area contributed by atoms with Gasteiger partial charge in [-0.3, -0.25) is 4.79 Å². The molecule has 1 heterocycles.